The minimum Gasteiger partial charge on any atom is -0.392 e. The van der Waals surface area contributed by atoms with Crippen LogP contribution < -0.4 is 11.1 Å². The molecule has 1 amide bonds. The van der Waals surface area contributed by atoms with Crippen LogP contribution in [0.2, 0.25) is 0 Å². The molecule has 0 radical (unpaired) electrons. The fourth-order valence-corrected chi connectivity index (χ4v) is 2.12. The number of ether oxygens (including phenoxy) is 1. The van der Waals surface area contributed by atoms with Crippen molar-refractivity contribution in [3.05, 3.63) is 0 Å². The quantitative estimate of drug-likeness (QED) is 0.747. The Morgan fingerprint density at radius 3 is 2.35 bits per heavy atom. The second kappa shape index (κ2) is 5.31. The van der Waals surface area contributed by atoms with Crippen LogP contribution >= 0.6 is 12.2 Å². The van der Waals surface area contributed by atoms with Crippen LogP contribution in [0.1, 0.15) is 33.6 Å². The standard InChI is InChI=1S/C12H22N2O2S/c1-11(2,3)8-14-10(15)12(9(13)17)4-6-16-7-5-12/h4-8H2,1-3H3,(H2,13,17)(H,14,15). The normalized spacial score (nSPS) is 19.7. The summed E-state index contributed by atoms with van der Waals surface area (Å²) in [6, 6.07) is 0. The van der Waals surface area contributed by atoms with Gasteiger partial charge in [-0.05, 0) is 18.3 Å². The molecule has 0 unspecified atom stereocenters. The highest BCUT2D eigenvalue weighted by Gasteiger charge is 2.43. The number of amides is 1. The molecule has 3 N–H and O–H groups in total. The van der Waals surface area contributed by atoms with Gasteiger partial charge in [0.2, 0.25) is 5.91 Å². The zero-order chi connectivity index (χ0) is 13.1. The van der Waals surface area contributed by atoms with Gasteiger partial charge in [-0.3, -0.25) is 4.79 Å². The summed E-state index contributed by atoms with van der Waals surface area (Å²) in [6.07, 6.45) is 1.16. The highest BCUT2D eigenvalue weighted by molar-refractivity contribution is 7.80. The number of carbonyl (C=O) groups excluding carboxylic acids is 1. The maximum atomic E-state index is 12.3. The molecular weight excluding hydrogens is 236 g/mol. The van der Waals surface area contributed by atoms with Gasteiger partial charge in [0.15, 0.2) is 0 Å². The Morgan fingerprint density at radius 1 is 1.41 bits per heavy atom. The Bertz CT molecular complexity index is 304. The Hall–Kier alpha value is -0.680. The van der Waals surface area contributed by atoms with E-state index >= 15 is 0 Å². The molecule has 0 aromatic rings. The van der Waals surface area contributed by atoms with E-state index in [1.165, 1.54) is 0 Å². The Labute approximate surface area is 108 Å². The van der Waals surface area contributed by atoms with Gasteiger partial charge < -0.3 is 15.8 Å². The van der Waals surface area contributed by atoms with Gasteiger partial charge in [0, 0.05) is 19.8 Å². The van der Waals surface area contributed by atoms with E-state index < -0.39 is 5.41 Å². The smallest absolute Gasteiger partial charge is 0.233 e. The van der Waals surface area contributed by atoms with E-state index in [4.69, 9.17) is 22.7 Å². The Morgan fingerprint density at radius 2 is 1.94 bits per heavy atom. The Kier molecular flexibility index (Phi) is 4.49. The van der Waals surface area contributed by atoms with Crippen LogP contribution in [0, 0.1) is 10.8 Å². The number of carbonyl (C=O) groups is 1. The van der Waals surface area contributed by atoms with E-state index in [0.29, 0.717) is 32.6 Å². The number of thiocarbonyl (C=S) groups is 1. The van der Waals surface area contributed by atoms with Crippen molar-refractivity contribution in [3.63, 3.8) is 0 Å². The maximum Gasteiger partial charge on any atom is 0.233 e. The summed E-state index contributed by atoms with van der Waals surface area (Å²) in [5.74, 6) is -0.0526. The maximum absolute atomic E-state index is 12.3. The fraction of sp³-hybridized carbons (Fsp3) is 0.833. The van der Waals surface area contributed by atoms with Crippen molar-refractivity contribution >= 4 is 23.1 Å². The molecule has 5 heteroatoms. The molecule has 0 atom stereocenters. The molecule has 0 aromatic heterocycles. The lowest BCUT2D eigenvalue weighted by atomic mass is 9.79. The van der Waals surface area contributed by atoms with Crippen LogP contribution in [-0.2, 0) is 9.53 Å². The van der Waals surface area contributed by atoms with Gasteiger partial charge in [0.05, 0.1) is 4.99 Å². The van der Waals surface area contributed by atoms with Crippen LogP contribution in [-0.4, -0.2) is 30.7 Å². The molecule has 1 fully saturated rings. The molecule has 0 spiro atoms. The van der Waals surface area contributed by atoms with Crippen molar-refractivity contribution in [2.24, 2.45) is 16.6 Å². The predicted octanol–water partition coefficient (Wildman–Crippen LogP) is 1.23. The SMILES string of the molecule is CC(C)(C)CNC(=O)C1(C(N)=S)CCOCC1. The molecule has 0 aromatic carbocycles. The van der Waals surface area contributed by atoms with Gasteiger partial charge in [-0.15, -0.1) is 0 Å². The lowest BCUT2D eigenvalue weighted by Gasteiger charge is -2.35. The topological polar surface area (TPSA) is 64.4 Å². The molecule has 1 saturated heterocycles. The summed E-state index contributed by atoms with van der Waals surface area (Å²) in [7, 11) is 0. The van der Waals surface area contributed by atoms with Gasteiger partial charge >= 0.3 is 0 Å². The highest BCUT2D eigenvalue weighted by atomic mass is 32.1. The number of nitrogens with two attached hydrogens (primary N) is 1. The van der Waals surface area contributed by atoms with Crippen molar-refractivity contribution in [1.29, 1.82) is 0 Å². The summed E-state index contributed by atoms with van der Waals surface area (Å²) in [4.78, 5) is 12.6. The minimum atomic E-state index is -0.709. The molecule has 0 saturated carbocycles. The molecule has 17 heavy (non-hydrogen) atoms. The first-order valence-corrected chi connectivity index (χ1v) is 6.35. The molecule has 0 aliphatic carbocycles. The van der Waals surface area contributed by atoms with Crippen molar-refractivity contribution in [2.45, 2.75) is 33.6 Å². The van der Waals surface area contributed by atoms with E-state index in [0.717, 1.165) is 0 Å². The lowest BCUT2D eigenvalue weighted by molar-refractivity contribution is -0.131. The third-order valence-electron chi connectivity index (χ3n) is 3.03. The summed E-state index contributed by atoms with van der Waals surface area (Å²) < 4.78 is 5.28. The van der Waals surface area contributed by atoms with E-state index in [1.807, 2.05) is 0 Å². The first-order valence-electron chi connectivity index (χ1n) is 5.94. The molecule has 1 rings (SSSR count). The van der Waals surface area contributed by atoms with E-state index in [1.54, 1.807) is 0 Å². The summed E-state index contributed by atoms with van der Waals surface area (Å²) in [5, 5.41) is 2.95. The van der Waals surface area contributed by atoms with Gasteiger partial charge in [0.25, 0.3) is 0 Å². The summed E-state index contributed by atoms with van der Waals surface area (Å²) in [5.41, 5.74) is 5.10. The molecule has 98 valence electrons. The van der Waals surface area contributed by atoms with Crippen LogP contribution in [0.15, 0.2) is 0 Å². The predicted molar refractivity (Wildman–Crippen MR) is 71.7 cm³/mol. The molecule has 0 bridgehead atoms. The average molecular weight is 258 g/mol. The first kappa shape index (κ1) is 14.4. The number of rotatable bonds is 3. The second-order valence-corrected chi connectivity index (χ2v) is 6.24. The van der Waals surface area contributed by atoms with Crippen molar-refractivity contribution in [3.8, 4) is 0 Å². The molecule has 1 heterocycles. The Balaban J connectivity index is 2.71. The van der Waals surface area contributed by atoms with Crippen LogP contribution in [0.5, 0.6) is 0 Å². The molecule has 1 aliphatic rings. The van der Waals surface area contributed by atoms with Gasteiger partial charge in [0.1, 0.15) is 5.41 Å². The third-order valence-corrected chi connectivity index (χ3v) is 3.42. The monoisotopic (exact) mass is 258 g/mol. The fourth-order valence-electron chi connectivity index (χ4n) is 1.82. The zero-order valence-corrected chi connectivity index (χ0v) is 11.7. The van der Waals surface area contributed by atoms with E-state index in [9.17, 15) is 4.79 Å². The van der Waals surface area contributed by atoms with Crippen LogP contribution in [0.25, 0.3) is 0 Å². The average Bonchev–Trinajstić information content (AvgIpc) is 2.25. The molecular formula is C12H22N2O2S. The number of nitrogens with one attached hydrogen (secondary N) is 1. The first-order chi connectivity index (χ1) is 7.78. The van der Waals surface area contributed by atoms with Crippen LogP contribution in [0.3, 0.4) is 0 Å². The summed E-state index contributed by atoms with van der Waals surface area (Å²) in [6.45, 7) is 7.93. The van der Waals surface area contributed by atoms with Crippen molar-refractivity contribution < 1.29 is 9.53 Å². The highest BCUT2D eigenvalue weighted by Crippen LogP contribution is 2.31. The lowest BCUT2D eigenvalue weighted by Crippen LogP contribution is -2.53. The van der Waals surface area contributed by atoms with Crippen LogP contribution in [0.4, 0.5) is 0 Å². The zero-order valence-electron chi connectivity index (χ0n) is 10.8. The van der Waals surface area contributed by atoms with Gasteiger partial charge in [-0.2, -0.15) is 0 Å². The second-order valence-electron chi connectivity index (χ2n) is 5.80. The third kappa shape index (κ3) is 3.64. The number of hydrogen-bond donors (Lipinski definition) is 2. The number of hydrogen-bond acceptors (Lipinski definition) is 3. The molecule has 1 aliphatic heterocycles. The van der Waals surface area contributed by atoms with Crippen molar-refractivity contribution in [1.82, 2.24) is 5.32 Å². The van der Waals surface area contributed by atoms with E-state index in [2.05, 4.69) is 26.1 Å². The minimum absolute atomic E-state index is 0.0526. The summed E-state index contributed by atoms with van der Waals surface area (Å²) >= 11 is 5.07. The molecule has 4 nitrogen and oxygen atoms in total. The van der Waals surface area contributed by atoms with Crippen molar-refractivity contribution in [2.75, 3.05) is 19.8 Å². The van der Waals surface area contributed by atoms with E-state index in [-0.39, 0.29) is 16.3 Å². The van der Waals surface area contributed by atoms with Gasteiger partial charge in [-0.25, -0.2) is 0 Å². The largest absolute Gasteiger partial charge is 0.392 e. The van der Waals surface area contributed by atoms with Gasteiger partial charge in [-0.1, -0.05) is 33.0 Å².